The molecule has 0 bridgehead atoms. The van der Waals surface area contributed by atoms with Gasteiger partial charge in [0, 0.05) is 30.9 Å². The fourth-order valence-electron chi connectivity index (χ4n) is 3.34. The summed E-state index contributed by atoms with van der Waals surface area (Å²) in [5, 5.41) is 11.4. The lowest BCUT2D eigenvalue weighted by Gasteiger charge is -2.32. The second-order valence-corrected chi connectivity index (χ2v) is 6.51. The van der Waals surface area contributed by atoms with Crippen LogP contribution in [0.15, 0.2) is 42.6 Å². The molecule has 0 unspecified atom stereocenters. The molecule has 0 radical (unpaired) electrons. The van der Waals surface area contributed by atoms with Crippen LogP contribution in [-0.4, -0.2) is 46.7 Å². The third-order valence-electron chi connectivity index (χ3n) is 4.82. The molecule has 1 N–H and O–H groups in total. The van der Waals surface area contributed by atoms with E-state index in [1.807, 2.05) is 28.8 Å². The standard InChI is InChI=1S/C19H20FN5O2/c1-27-16-6-5-13(12-15(16)20)18(26)21-14-7-10-24(11-8-14)19-23-22-17-4-2-3-9-25(17)19/h2-6,9,12,14H,7-8,10-11H2,1H3,(H,21,26). The maximum absolute atomic E-state index is 13.8. The maximum Gasteiger partial charge on any atom is 0.251 e. The zero-order chi connectivity index (χ0) is 18.8. The molecule has 2 aromatic heterocycles. The number of pyridine rings is 1. The molecule has 0 saturated carbocycles. The van der Waals surface area contributed by atoms with Crippen molar-refractivity contribution >= 4 is 17.5 Å². The van der Waals surface area contributed by atoms with E-state index in [-0.39, 0.29) is 17.7 Å². The molecule has 140 valence electrons. The minimum atomic E-state index is -0.543. The fraction of sp³-hybridized carbons (Fsp3) is 0.316. The SMILES string of the molecule is COc1ccc(C(=O)NC2CCN(c3nnc4ccccn34)CC2)cc1F. The van der Waals surface area contributed by atoms with E-state index in [2.05, 4.69) is 20.4 Å². The number of carbonyl (C=O) groups is 1. The van der Waals surface area contributed by atoms with Crippen LogP contribution in [0.3, 0.4) is 0 Å². The monoisotopic (exact) mass is 369 g/mol. The molecule has 1 aliphatic rings. The molecule has 27 heavy (non-hydrogen) atoms. The van der Waals surface area contributed by atoms with Crippen LogP contribution in [0.2, 0.25) is 0 Å². The maximum atomic E-state index is 13.8. The molecule has 0 spiro atoms. The molecule has 3 heterocycles. The zero-order valence-electron chi connectivity index (χ0n) is 14.9. The number of anilines is 1. The van der Waals surface area contributed by atoms with Gasteiger partial charge in [0.1, 0.15) is 0 Å². The van der Waals surface area contributed by atoms with Crippen molar-refractivity contribution in [3.8, 4) is 5.75 Å². The molecular weight excluding hydrogens is 349 g/mol. The largest absolute Gasteiger partial charge is 0.494 e. The summed E-state index contributed by atoms with van der Waals surface area (Å²) in [7, 11) is 1.39. The predicted molar refractivity (Wildman–Crippen MR) is 98.6 cm³/mol. The molecular formula is C19H20FN5O2. The van der Waals surface area contributed by atoms with E-state index in [4.69, 9.17) is 4.74 Å². The lowest BCUT2D eigenvalue weighted by Crippen LogP contribution is -2.45. The Hall–Kier alpha value is -3.16. The van der Waals surface area contributed by atoms with E-state index in [1.54, 1.807) is 6.07 Å². The van der Waals surface area contributed by atoms with Crippen molar-refractivity contribution in [1.29, 1.82) is 0 Å². The van der Waals surface area contributed by atoms with Crippen molar-refractivity contribution < 1.29 is 13.9 Å². The van der Waals surface area contributed by atoms with Crippen LogP contribution >= 0.6 is 0 Å². The smallest absolute Gasteiger partial charge is 0.251 e. The van der Waals surface area contributed by atoms with Gasteiger partial charge in [-0.3, -0.25) is 9.20 Å². The third-order valence-corrected chi connectivity index (χ3v) is 4.82. The van der Waals surface area contributed by atoms with Gasteiger partial charge in [0.2, 0.25) is 5.95 Å². The van der Waals surface area contributed by atoms with Gasteiger partial charge in [-0.1, -0.05) is 6.07 Å². The van der Waals surface area contributed by atoms with Crippen LogP contribution < -0.4 is 15.0 Å². The van der Waals surface area contributed by atoms with Gasteiger partial charge in [-0.25, -0.2) is 4.39 Å². The van der Waals surface area contributed by atoms with Gasteiger partial charge in [0.05, 0.1) is 7.11 Å². The van der Waals surface area contributed by atoms with Crippen LogP contribution in [0.5, 0.6) is 5.75 Å². The normalized spacial score (nSPS) is 15.1. The molecule has 1 aromatic carbocycles. The number of piperidine rings is 1. The number of rotatable bonds is 4. The van der Waals surface area contributed by atoms with Crippen molar-refractivity contribution in [2.24, 2.45) is 0 Å². The minimum Gasteiger partial charge on any atom is -0.494 e. The van der Waals surface area contributed by atoms with Crippen LogP contribution in [-0.2, 0) is 0 Å². The molecule has 7 nitrogen and oxygen atoms in total. The summed E-state index contributed by atoms with van der Waals surface area (Å²) in [6.07, 6.45) is 3.51. The third kappa shape index (κ3) is 3.42. The molecule has 0 atom stereocenters. The molecule has 1 fully saturated rings. The first-order valence-electron chi connectivity index (χ1n) is 8.85. The average Bonchev–Trinajstić information content (AvgIpc) is 3.12. The highest BCUT2D eigenvalue weighted by molar-refractivity contribution is 5.94. The summed E-state index contributed by atoms with van der Waals surface area (Å²) in [5.41, 5.74) is 1.10. The lowest BCUT2D eigenvalue weighted by molar-refractivity contribution is 0.0930. The average molecular weight is 369 g/mol. The van der Waals surface area contributed by atoms with Crippen molar-refractivity contribution in [3.63, 3.8) is 0 Å². The number of hydrogen-bond acceptors (Lipinski definition) is 5. The minimum absolute atomic E-state index is 0.0399. The summed E-state index contributed by atoms with van der Waals surface area (Å²) in [5.74, 6) is 0.120. The first kappa shape index (κ1) is 17.3. The van der Waals surface area contributed by atoms with Gasteiger partial charge >= 0.3 is 0 Å². The van der Waals surface area contributed by atoms with E-state index in [9.17, 15) is 9.18 Å². The van der Waals surface area contributed by atoms with E-state index >= 15 is 0 Å². The Morgan fingerprint density at radius 1 is 1.22 bits per heavy atom. The summed E-state index contributed by atoms with van der Waals surface area (Å²) >= 11 is 0. The summed E-state index contributed by atoms with van der Waals surface area (Å²) in [6, 6.07) is 10.1. The highest BCUT2D eigenvalue weighted by Crippen LogP contribution is 2.20. The summed E-state index contributed by atoms with van der Waals surface area (Å²) in [6.45, 7) is 1.52. The van der Waals surface area contributed by atoms with Crippen molar-refractivity contribution in [2.75, 3.05) is 25.1 Å². The van der Waals surface area contributed by atoms with Gasteiger partial charge in [-0.15, -0.1) is 10.2 Å². The molecule has 3 aromatic rings. The number of nitrogens with zero attached hydrogens (tertiary/aromatic N) is 4. The number of benzene rings is 1. The van der Waals surface area contributed by atoms with Crippen LogP contribution in [0.1, 0.15) is 23.2 Å². The number of ether oxygens (including phenoxy) is 1. The van der Waals surface area contributed by atoms with Crippen LogP contribution in [0.25, 0.3) is 5.65 Å². The first-order valence-corrected chi connectivity index (χ1v) is 8.85. The Bertz CT molecular complexity index is 966. The van der Waals surface area contributed by atoms with Crippen molar-refractivity contribution in [1.82, 2.24) is 19.9 Å². The molecule has 1 amide bonds. The van der Waals surface area contributed by atoms with Gasteiger partial charge in [0.15, 0.2) is 17.2 Å². The Kier molecular flexibility index (Phi) is 4.62. The predicted octanol–water partition coefficient (Wildman–Crippen LogP) is 2.28. The van der Waals surface area contributed by atoms with Crippen LogP contribution in [0.4, 0.5) is 10.3 Å². The number of hydrogen-bond donors (Lipinski definition) is 1. The highest BCUT2D eigenvalue weighted by atomic mass is 19.1. The second kappa shape index (κ2) is 7.22. The molecule has 0 aliphatic carbocycles. The van der Waals surface area contributed by atoms with Gasteiger partial charge in [-0.2, -0.15) is 0 Å². The number of carbonyl (C=O) groups excluding carboxylic acids is 1. The van der Waals surface area contributed by atoms with Gasteiger partial charge in [-0.05, 0) is 43.2 Å². The Morgan fingerprint density at radius 3 is 2.78 bits per heavy atom. The fourth-order valence-corrected chi connectivity index (χ4v) is 3.34. The highest BCUT2D eigenvalue weighted by Gasteiger charge is 2.24. The molecule has 1 saturated heterocycles. The summed E-state index contributed by atoms with van der Waals surface area (Å²) < 4.78 is 20.6. The quantitative estimate of drug-likeness (QED) is 0.764. The van der Waals surface area contributed by atoms with E-state index in [0.717, 1.165) is 37.5 Å². The van der Waals surface area contributed by atoms with Gasteiger partial charge < -0.3 is 15.0 Å². The zero-order valence-corrected chi connectivity index (χ0v) is 14.9. The topological polar surface area (TPSA) is 71.8 Å². The number of amides is 1. The summed E-state index contributed by atoms with van der Waals surface area (Å²) in [4.78, 5) is 14.6. The first-order chi connectivity index (χ1) is 13.2. The molecule has 1 aliphatic heterocycles. The lowest BCUT2D eigenvalue weighted by atomic mass is 10.0. The Balaban J connectivity index is 1.38. The van der Waals surface area contributed by atoms with E-state index < -0.39 is 5.82 Å². The van der Waals surface area contributed by atoms with E-state index in [0.29, 0.717) is 5.56 Å². The van der Waals surface area contributed by atoms with Crippen molar-refractivity contribution in [2.45, 2.75) is 18.9 Å². The van der Waals surface area contributed by atoms with Crippen molar-refractivity contribution in [3.05, 3.63) is 54.0 Å². The number of nitrogens with one attached hydrogen (secondary N) is 1. The molecule has 8 heteroatoms. The second-order valence-electron chi connectivity index (χ2n) is 6.51. The Morgan fingerprint density at radius 2 is 2.04 bits per heavy atom. The van der Waals surface area contributed by atoms with Crippen LogP contribution in [0, 0.1) is 5.82 Å². The number of methoxy groups -OCH3 is 1. The van der Waals surface area contributed by atoms with E-state index in [1.165, 1.54) is 19.2 Å². The Labute approximate surface area is 155 Å². The number of fused-ring (bicyclic) bond motifs is 1. The molecule has 4 rings (SSSR count). The number of aromatic nitrogens is 3. The number of halogens is 1. The van der Waals surface area contributed by atoms with Gasteiger partial charge in [0.25, 0.3) is 5.91 Å².